The van der Waals surface area contributed by atoms with Crippen molar-refractivity contribution in [3.63, 3.8) is 0 Å². The molecule has 0 aromatic heterocycles. The number of hydrogen-bond donors (Lipinski definition) is 2. The van der Waals surface area contributed by atoms with Crippen molar-refractivity contribution in [3.8, 4) is 6.07 Å². The van der Waals surface area contributed by atoms with E-state index in [1.54, 1.807) is 6.07 Å². The van der Waals surface area contributed by atoms with E-state index in [1.165, 1.54) is 37.8 Å². The lowest BCUT2D eigenvalue weighted by Gasteiger charge is -2.22. The summed E-state index contributed by atoms with van der Waals surface area (Å²) in [5, 5.41) is 17.5. The predicted octanol–water partition coefficient (Wildman–Crippen LogP) is 2.44. The van der Waals surface area contributed by atoms with Crippen molar-refractivity contribution in [2.75, 3.05) is 11.9 Å². The normalized spacial score (nSPS) is 26.8. The Hall–Kier alpha value is -1.58. The van der Waals surface area contributed by atoms with Crippen LogP contribution in [-0.2, 0) is 10.0 Å². The molecule has 0 heterocycles. The zero-order chi connectivity index (χ0) is 15.7. The molecule has 0 saturated heterocycles. The topological polar surface area (TPSA) is 96.0 Å². The van der Waals surface area contributed by atoms with E-state index in [4.69, 9.17) is 5.14 Å². The number of anilines is 1. The Bertz CT molecular complexity index is 709. The summed E-state index contributed by atoms with van der Waals surface area (Å²) in [5.74, 6) is 2.64. The Kier molecular flexibility index (Phi) is 4.11. The summed E-state index contributed by atoms with van der Waals surface area (Å²) in [5.41, 5.74) is 0.998. The van der Waals surface area contributed by atoms with Crippen molar-refractivity contribution >= 4 is 15.7 Å². The number of rotatable bonds is 5. The molecule has 6 heteroatoms. The zero-order valence-electron chi connectivity index (χ0n) is 12.5. The SMILES string of the molecule is N#Cc1cc(S(N)(=O)=O)ccc1NCCC1CC2CCC1C2. The number of nitrogens with zero attached hydrogens (tertiary/aromatic N) is 1. The average Bonchev–Trinajstić information content (AvgIpc) is 3.09. The molecule has 3 rings (SSSR count). The highest BCUT2D eigenvalue weighted by molar-refractivity contribution is 7.89. The molecular formula is C16H21N3O2S. The maximum absolute atomic E-state index is 11.3. The van der Waals surface area contributed by atoms with Crippen LogP contribution in [0.3, 0.4) is 0 Å². The van der Waals surface area contributed by atoms with E-state index >= 15 is 0 Å². The first kappa shape index (κ1) is 15.3. The van der Waals surface area contributed by atoms with Gasteiger partial charge in [0.05, 0.1) is 16.1 Å². The van der Waals surface area contributed by atoms with Gasteiger partial charge in [-0.05, 0) is 61.6 Å². The molecule has 0 amide bonds. The second-order valence-corrected chi connectivity index (χ2v) is 8.08. The van der Waals surface area contributed by atoms with Gasteiger partial charge in [0.25, 0.3) is 0 Å². The smallest absolute Gasteiger partial charge is 0.238 e. The van der Waals surface area contributed by atoms with E-state index in [0.29, 0.717) is 11.3 Å². The fourth-order valence-electron chi connectivity index (χ4n) is 4.07. The fourth-order valence-corrected chi connectivity index (χ4v) is 4.61. The number of nitriles is 1. The molecule has 1 aromatic rings. The van der Waals surface area contributed by atoms with Gasteiger partial charge in [0.15, 0.2) is 0 Å². The lowest BCUT2D eigenvalue weighted by atomic mass is 9.86. The minimum Gasteiger partial charge on any atom is -0.384 e. The van der Waals surface area contributed by atoms with E-state index in [9.17, 15) is 13.7 Å². The monoisotopic (exact) mass is 319 g/mol. The van der Waals surface area contributed by atoms with E-state index in [-0.39, 0.29) is 4.90 Å². The Labute approximate surface area is 131 Å². The van der Waals surface area contributed by atoms with Crippen molar-refractivity contribution < 1.29 is 8.42 Å². The lowest BCUT2D eigenvalue weighted by molar-refractivity contribution is 0.321. The Morgan fingerprint density at radius 1 is 1.32 bits per heavy atom. The van der Waals surface area contributed by atoms with E-state index < -0.39 is 10.0 Å². The number of fused-ring (bicyclic) bond motifs is 2. The van der Waals surface area contributed by atoms with Crippen LogP contribution in [0.25, 0.3) is 0 Å². The molecule has 2 aliphatic carbocycles. The highest BCUT2D eigenvalue weighted by Gasteiger charge is 2.38. The van der Waals surface area contributed by atoms with Crippen molar-refractivity contribution in [2.45, 2.75) is 37.0 Å². The summed E-state index contributed by atoms with van der Waals surface area (Å²) < 4.78 is 22.6. The van der Waals surface area contributed by atoms with Gasteiger partial charge >= 0.3 is 0 Å². The molecule has 2 bridgehead atoms. The molecule has 5 nitrogen and oxygen atoms in total. The second-order valence-electron chi connectivity index (χ2n) is 6.51. The second kappa shape index (κ2) is 5.90. The summed E-state index contributed by atoms with van der Waals surface area (Å²) in [6, 6.07) is 6.42. The maximum Gasteiger partial charge on any atom is 0.238 e. The predicted molar refractivity (Wildman–Crippen MR) is 84.6 cm³/mol. The van der Waals surface area contributed by atoms with Crippen LogP contribution in [0.2, 0.25) is 0 Å². The Morgan fingerprint density at radius 2 is 2.14 bits per heavy atom. The van der Waals surface area contributed by atoms with Crippen molar-refractivity contribution in [3.05, 3.63) is 23.8 Å². The minimum absolute atomic E-state index is 0.0253. The van der Waals surface area contributed by atoms with Crippen LogP contribution in [-0.4, -0.2) is 15.0 Å². The molecule has 0 spiro atoms. The first-order valence-electron chi connectivity index (χ1n) is 7.78. The Morgan fingerprint density at radius 3 is 2.73 bits per heavy atom. The van der Waals surface area contributed by atoms with Crippen LogP contribution in [0.15, 0.2) is 23.1 Å². The maximum atomic E-state index is 11.3. The van der Waals surface area contributed by atoms with Crippen LogP contribution in [0.5, 0.6) is 0 Å². The Balaban J connectivity index is 1.62. The summed E-state index contributed by atoms with van der Waals surface area (Å²) in [6.07, 6.45) is 6.64. The molecule has 3 unspecified atom stereocenters. The van der Waals surface area contributed by atoms with Gasteiger partial charge < -0.3 is 5.32 Å². The van der Waals surface area contributed by atoms with Crippen LogP contribution >= 0.6 is 0 Å². The van der Waals surface area contributed by atoms with E-state index in [0.717, 1.165) is 30.7 Å². The van der Waals surface area contributed by atoms with Gasteiger partial charge in [-0.25, -0.2) is 13.6 Å². The molecule has 1 aromatic carbocycles. The number of hydrogen-bond acceptors (Lipinski definition) is 4. The largest absolute Gasteiger partial charge is 0.384 e. The molecular weight excluding hydrogens is 298 g/mol. The van der Waals surface area contributed by atoms with Crippen molar-refractivity contribution in [1.82, 2.24) is 0 Å². The third-order valence-corrected chi connectivity index (χ3v) is 6.07. The molecule has 118 valence electrons. The molecule has 0 aliphatic heterocycles. The van der Waals surface area contributed by atoms with E-state index in [1.807, 2.05) is 6.07 Å². The van der Waals surface area contributed by atoms with Gasteiger partial charge in [-0.3, -0.25) is 0 Å². The molecule has 0 radical (unpaired) electrons. The minimum atomic E-state index is -3.77. The van der Waals surface area contributed by atoms with Gasteiger partial charge in [0.2, 0.25) is 10.0 Å². The molecule has 2 aliphatic rings. The molecule has 2 fully saturated rings. The summed E-state index contributed by atoms with van der Waals surface area (Å²) in [6.45, 7) is 0.817. The number of sulfonamides is 1. The van der Waals surface area contributed by atoms with Crippen molar-refractivity contribution in [2.24, 2.45) is 22.9 Å². The standard InChI is InChI=1S/C16H21N3O2S/c17-10-14-9-15(22(18,20)21)3-4-16(14)19-6-5-13-8-11-1-2-12(13)7-11/h3-4,9,11-13,19H,1-2,5-8H2,(H2,18,20,21). The van der Waals surface area contributed by atoms with E-state index in [2.05, 4.69) is 5.32 Å². The van der Waals surface area contributed by atoms with Crippen LogP contribution < -0.4 is 10.5 Å². The highest BCUT2D eigenvalue weighted by atomic mass is 32.2. The van der Waals surface area contributed by atoms with Gasteiger partial charge in [-0.2, -0.15) is 5.26 Å². The number of primary sulfonamides is 1. The van der Waals surface area contributed by atoms with Gasteiger partial charge in [-0.1, -0.05) is 6.42 Å². The number of nitrogens with two attached hydrogens (primary N) is 1. The van der Waals surface area contributed by atoms with Gasteiger partial charge in [-0.15, -0.1) is 0 Å². The molecule has 22 heavy (non-hydrogen) atoms. The number of nitrogens with one attached hydrogen (secondary N) is 1. The van der Waals surface area contributed by atoms with Crippen molar-refractivity contribution in [1.29, 1.82) is 5.26 Å². The first-order valence-corrected chi connectivity index (χ1v) is 9.33. The van der Waals surface area contributed by atoms with Gasteiger partial charge in [0, 0.05) is 6.54 Å². The summed E-state index contributed by atoms with van der Waals surface area (Å²) in [7, 11) is -3.77. The summed E-state index contributed by atoms with van der Waals surface area (Å²) >= 11 is 0. The molecule has 3 atom stereocenters. The fraction of sp³-hybridized carbons (Fsp3) is 0.562. The zero-order valence-corrected chi connectivity index (χ0v) is 13.3. The molecule has 3 N–H and O–H groups in total. The van der Waals surface area contributed by atoms with Crippen LogP contribution in [0.1, 0.15) is 37.7 Å². The average molecular weight is 319 g/mol. The van der Waals surface area contributed by atoms with Gasteiger partial charge in [0.1, 0.15) is 6.07 Å². The van der Waals surface area contributed by atoms with Crippen LogP contribution in [0.4, 0.5) is 5.69 Å². The summed E-state index contributed by atoms with van der Waals surface area (Å²) in [4.78, 5) is -0.0253. The number of benzene rings is 1. The lowest BCUT2D eigenvalue weighted by Crippen LogP contribution is -2.16. The third-order valence-electron chi connectivity index (χ3n) is 5.16. The first-order chi connectivity index (χ1) is 10.5. The highest BCUT2D eigenvalue weighted by Crippen LogP contribution is 2.49. The van der Waals surface area contributed by atoms with Crippen LogP contribution in [0, 0.1) is 29.1 Å². The molecule has 2 saturated carbocycles. The quantitative estimate of drug-likeness (QED) is 0.871. The third kappa shape index (κ3) is 3.11.